The molecule has 2 heterocycles. The molecule has 11 nitrogen and oxygen atoms in total. The van der Waals surface area contributed by atoms with Crippen LogP contribution in [0.4, 0.5) is 9.59 Å². The minimum atomic E-state index is -0.723. The predicted molar refractivity (Wildman–Crippen MR) is 196 cm³/mol. The molecule has 2 atom stereocenters. The second-order valence-electron chi connectivity index (χ2n) is 14.4. The van der Waals surface area contributed by atoms with Gasteiger partial charge < -0.3 is 34.3 Å². The van der Waals surface area contributed by atoms with Crippen molar-refractivity contribution >= 4 is 29.1 Å². The molecule has 3 aromatic carbocycles. The third kappa shape index (κ3) is 8.71. The number of carbonyl (C=O) groups excluding carboxylic acids is 3. The van der Waals surface area contributed by atoms with Crippen molar-refractivity contribution in [2.45, 2.75) is 76.5 Å². The molecule has 0 saturated carbocycles. The topological polar surface area (TPSA) is 124 Å². The van der Waals surface area contributed by atoms with Crippen LogP contribution in [0.25, 0.3) is 22.2 Å². The Morgan fingerprint density at radius 2 is 1.63 bits per heavy atom. The van der Waals surface area contributed by atoms with Gasteiger partial charge >= 0.3 is 12.2 Å². The van der Waals surface area contributed by atoms with Gasteiger partial charge in [-0.15, -0.1) is 0 Å². The molecule has 270 valence electrons. The van der Waals surface area contributed by atoms with Gasteiger partial charge in [-0.3, -0.25) is 4.79 Å². The first-order valence-corrected chi connectivity index (χ1v) is 17.9. The van der Waals surface area contributed by atoms with Gasteiger partial charge in [0.1, 0.15) is 18.0 Å². The maximum absolute atomic E-state index is 13.9. The van der Waals surface area contributed by atoms with E-state index in [9.17, 15) is 14.4 Å². The van der Waals surface area contributed by atoms with Crippen molar-refractivity contribution in [3.05, 3.63) is 89.7 Å². The van der Waals surface area contributed by atoms with E-state index in [0.717, 1.165) is 64.9 Å². The molecule has 6 rings (SSSR count). The average Bonchev–Trinajstić information content (AvgIpc) is 3.65. The van der Waals surface area contributed by atoms with E-state index >= 15 is 0 Å². The Balaban J connectivity index is 1.13. The molecule has 0 bridgehead atoms. The number of para-hydroxylation sites is 2. The van der Waals surface area contributed by atoms with Crippen LogP contribution in [0.3, 0.4) is 0 Å². The Bertz CT molecular complexity index is 1800. The number of alkyl carbamates (subject to hydrolysis) is 2. The van der Waals surface area contributed by atoms with Gasteiger partial charge in [0, 0.05) is 58.2 Å². The van der Waals surface area contributed by atoms with Gasteiger partial charge in [0.15, 0.2) is 0 Å². The zero-order valence-corrected chi connectivity index (χ0v) is 30.0. The fourth-order valence-corrected chi connectivity index (χ4v) is 7.26. The predicted octanol–water partition coefficient (Wildman–Crippen LogP) is 6.60. The summed E-state index contributed by atoms with van der Waals surface area (Å²) in [4.78, 5) is 46.7. The minimum Gasteiger partial charge on any atom is -0.449 e. The summed E-state index contributed by atoms with van der Waals surface area (Å²) in [7, 11) is 1.70. The first kappa shape index (κ1) is 35.9. The van der Waals surface area contributed by atoms with Gasteiger partial charge in [-0.25, -0.2) is 14.6 Å². The summed E-state index contributed by atoms with van der Waals surface area (Å²) < 4.78 is 18.8. The number of rotatable bonds is 12. The number of imidazole rings is 1. The number of nitrogens with one attached hydrogen (secondary N) is 2. The lowest BCUT2D eigenvalue weighted by atomic mass is 9.96. The number of benzene rings is 3. The quantitative estimate of drug-likeness (QED) is 0.160. The Labute approximate surface area is 299 Å². The first-order valence-electron chi connectivity index (χ1n) is 17.9. The highest BCUT2D eigenvalue weighted by Gasteiger charge is 2.32. The average molecular weight is 696 g/mol. The van der Waals surface area contributed by atoms with Gasteiger partial charge in [-0.2, -0.15) is 0 Å². The van der Waals surface area contributed by atoms with Crippen molar-refractivity contribution in [1.82, 2.24) is 25.1 Å². The Morgan fingerprint density at radius 1 is 0.941 bits per heavy atom. The molecule has 11 heteroatoms. The lowest BCUT2D eigenvalue weighted by Crippen LogP contribution is -2.49. The minimum absolute atomic E-state index is 0.00257. The van der Waals surface area contributed by atoms with Crippen molar-refractivity contribution in [3.63, 3.8) is 0 Å². The summed E-state index contributed by atoms with van der Waals surface area (Å²) in [6.07, 6.45) is 1.31. The third-order valence-electron chi connectivity index (χ3n) is 9.53. The molecule has 0 unspecified atom stereocenters. The number of ether oxygens (including phenoxy) is 3. The van der Waals surface area contributed by atoms with Crippen molar-refractivity contribution < 1.29 is 28.6 Å². The second-order valence-corrected chi connectivity index (χ2v) is 14.4. The molecule has 1 aliphatic heterocycles. The monoisotopic (exact) mass is 695 g/mol. The third-order valence-corrected chi connectivity index (χ3v) is 9.53. The van der Waals surface area contributed by atoms with Crippen LogP contribution in [0.1, 0.15) is 75.2 Å². The van der Waals surface area contributed by atoms with E-state index < -0.39 is 23.8 Å². The maximum Gasteiger partial charge on any atom is 0.407 e. The lowest BCUT2D eigenvalue weighted by Gasteiger charge is -2.34. The molecule has 3 amide bonds. The number of nitrogens with zero attached hydrogens (tertiary/aromatic N) is 3. The van der Waals surface area contributed by atoms with Crippen LogP contribution in [0.2, 0.25) is 0 Å². The van der Waals surface area contributed by atoms with E-state index in [1.165, 1.54) is 0 Å². The first-order chi connectivity index (χ1) is 24.6. The molecule has 2 N–H and O–H groups in total. The van der Waals surface area contributed by atoms with Crippen LogP contribution in [0.5, 0.6) is 0 Å². The van der Waals surface area contributed by atoms with Crippen molar-refractivity contribution in [2.24, 2.45) is 0 Å². The molecule has 2 aliphatic rings. The second kappa shape index (κ2) is 16.0. The number of piperidine rings is 1. The summed E-state index contributed by atoms with van der Waals surface area (Å²) in [5.41, 5.74) is 5.81. The highest BCUT2D eigenvalue weighted by Crippen LogP contribution is 2.44. The summed E-state index contributed by atoms with van der Waals surface area (Å²) in [6.45, 7) is 8.02. The van der Waals surface area contributed by atoms with Crippen LogP contribution >= 0.6 is 0 Å². The van der Waals surface area contributed by atoms with E-state index in [0.29, 0.717) is 19.7 Å². The molecule has 51 heavy (non-hydrogen) atoms. The van der Waals surface area contributed by atoms with Gasteiger partial charge in [-0.05, 0) is 74.4 Å². The summed E-state index contributed by atoms with van der Waals surface area (Å²) in [5.74, 6) is 0.819. The molecule has 1 aromatic heterocycles. The van der Waals surface area contributed by atoms with Crippen LogP contribution in [0.15, 0.2) is 72.8 Å². The molecule has 0 spiro atoms. The highest BCUT2D eigenvalue weighted by molar-refractivity contribution is 5.80. The maximum atomic E-state index is 13.9. The normalized spacial score (nSPS) is 16.3. The zero-order chi connectivity index (χ0) is 36.0. The molecule has 1 saturated heterocycles. The number of hydrogen-bond acceptors (Lipinski definition) is 7. The Hall–Kier alpha value is -4.90. The number of hydrogen-bond donors (Lipinski definition) is 2. The van der Waals surface area contributed by atoms with Crippen molar-refractivity contribution in [2.75, 3.05) is 40.0 Å². The van der Waals surface area contributed by atoms with E-state index in [2.05, 4.69) is 45.5 Å². The molecule has 1 fully saturated rings. The highest BCUT2D eigenvalue weighted by atomic mass is 16.6. The van der Waals surface area contributed by atoms with Crippen molar-refractivity contribution in [3.8, 4) is 11.1 Å². The number of likely N-dealkylation sites (tertiary alicyclic amines) is 1. The number of amides is 3. The Morgan fingerprint density at radius 3 is 2.33 bits per heavy atom. The lowest BCUT2D eigenvalue weighted by molar-refractivity contribution is -0.133. The molecule has 1 aliphatic carbocycles. The molecular formula is C40H49N5O6. The smallest absolute Gasteiger partial charge is 0.407 e. The van der Waals surface area contributed by atoms with Gasteiger partial charge in [-0.1, -0.05) is 60.7 Å². The van der Waals surface area contributed by atoms with E-state index in [-0.39, 0.29) is 37.3 Å². The molecule has 4 aromatic rings. The largest absolute Gasteiger partial charge is 0.449 e. The standard InChI is InChI=1S/C40H49N5O6/c1-40(2,3)51-38(47)41-24-28(42-39(48)50-26-33-31-16-7-5-14-29(31)30-15-6-8-17-32(30)33)23-36(46)44-20-11-13-27(25-44)37-43-34-18-9-10-19-35(34)45(37)21-12-22-49-4/h5-10,14-19,27-28,33H,11-13,20-26H2,1-4H3,(H,41,47)(H,42,48)/t27-,28+/m1/s1. The van der Waals surface area contributed by atoms with E-state index in [1.807, 2.05) is 47.4 Å². The fraction of sp³-hybridized carbons (Fsp3) is 0.450. The Kier molecular flexibility index (Phi) is 11.2. The number of carbonyl (C=O) groups is 3. The summed E-state index contributed by atoms with van der Waals surface area (Å²) in [6, 6.07) is 23.7. The van der Waals surface area contributed by atoms with E-state index in [4.69, 9.17) is 19.2 Å². The van der Waals surface area contributed by atoms with Crippen LogP contribution in [0, 0.1) is 0 Å². The fourth-order valence-electron chi connectivity index (χ4n) is 7.26. The van der Waals surface area contributed by atoms with Crippen LogP contribution < -0.4 is 10.6 Å². The van der Waals surface area contributed by atoms with Gasteiger partial charge in [0.05, 0.1) is 17.1 Å². The number of aryl methyl sites for hydroxylation is 1. The van der Waals surface area contributed by atoms with Crippen LogP contribution in [-0.4, -0.2) is 84.1 Å². The molecular weight excluding hydrogens is 646 g/mol. The number of methoxy groups -OCH3 is 1. The zero-order valence-electron chi connectivity index (χ0n) is 30.0. The van der Waals surface area contributed by atoms with Gasteiger partial charge in [0.2, 0.25) is 5.91 Å². The van der Waals surface area contributed by atoms with Gasteiger partial charge in [0.25, 0.3) is 0 Å². The number of aromatic nitrogens is 2. The van der Waals surface area contributed by atoms with Crippen LogP contribution in [-0.2, 0) is 25.5 Å². The molecule has 0 radical (unpaired) electrons. The van der Waals surface area contributed by atoms with Crippen molar-refractivity contribution in [1.29, 1.82) is 0 Å². The SMILES string of the molecule is COCCCn1c([C@@H]2CCCN(C(=O)C[C@@H](CNC(=O)OC(C)(C)C)NC(=O)OCC3c4ccccc4-c4ccccc43)C2)nc2ccccc21. The summed E-state index contributed by atoms with van der Waals surface area (Å²) in [5, 5.41) is 5.60. The van der Waals surface area contributed by atoms with E-state index in [1.54, 1.807) is 27.9 Å². The summed E-state index contributed by atoms with van der Waals surface area (Å²) >= 11 is 0. The number of fused-ring (bicyclic) bond motifs is 4.